The van der Waals surface area contributed by atoms with Gasteiger partial charge in [0.05, 0.1) is 7.11 Å². The van der Waals surface area contributed by atoms with E-state index in [1.807, 2.05) is 0 Å². The van der Waals surface area contributed by atoms with E-state index in [2.05, 4.69) is 5.92 Å². The minimum Gasteiger partial charge on any atom is -0.493 e. The van der Waals surface area contributed by atoms with Gasteiger partial charge in [0, 0.05) is 11.8 Å². The molecule has 2 N–H and O–H groups in total. The van der Waals surface area contributed by atoms with Crippen LogP contribution in [-0.2, 0) is 0 Å². The summed E-state index contributed by atoms with van der Waals surface area (Å²) in [6, 6.07) is 5.15. The number of hydrogen-bond acceptors (Lipinski definition) is 3. The molecule has 0 saturated heterocycles. The van der Waals surface area contributed by atoms with Crippen molar-refractivity contribution in [2.24, 2.45) is 0 Å². The third-order valence-corrected chi connectivity index (χ3v) is 1.50. The van der Waals surface area contributed by atoms with Crippen LogP contribution >= 0.6 is 0 Å². The van der Waals surface area contributed by atoms with E-state index in [-0.39, 0.29) is 6.61 Å². The van der Waals surface area contributed by atoms with Gasteiger partial charge < -0.3 is 15.2 Å². The maximum atomic E-state index is 5.57. The Hall–Kier alpha value is -1.82. The lowest BCUT2D eigenvalue weighted by Crippen LogP contribution is -1.97. The van der Waals surface area contributed by atoms with Gasteiger partial charge in [-0.15, -0.1) is 6.42 Å². The highest BCUT2D eigenvalue weighted by Gasteiger charge is 2.02. The van der Waals surface area contributed by atoms with Crippen LogP contribution in [0.4, 0.5) is 5.69 Å². The topological polar surface area (TPSA) is 44.5 Å². The number of benzene rings is 1. The van der Waals surface area contributed by atoms with E-state index in [1.165, 1.54) is 0 Å². The van der Waals surface area contributed by atoms with Gasteiger partial charge in [0.15, 0.2) is 11.5 Å². The van der Waals surface area contributed by atoms with Crippen LogP contribution in [0.3, 0.4) is 0 Å². The van der Waals surface area contributed by atoms with Gasteiger partial charge in [-0.3, -0.25) is 0 Å². The minimum absolute atomic E-state index is 0.208. The normalized spacial score (nSPS) is 8.92. The summed E-state index contributed by atoms with van der Waals surface area (Å²) in [6.07, 6.45) is 5.06. The molecular formula is C10H11NO2. The Morgan fingerprint density at radius 2 is 2.23 bits per heavy atom. The van der Waals surface area contributed by atoms with Crippen LogP contribution < -0.4 is 15.2 Å². The van der Waals surface area contributed by atoms with Crippen molar-refractivity contribution in [1.82, 2.24) is 0 Å². The van der Waals surface area contributed by atoms with E-state index in [0.29, 0.717) is 17.2 Å². The molecule has 0 unspecified atom stereocenters. The fraction of sp³-hybridized carbons (Fsp3) is 0.200. The predicted octanol–water partition coefficient (Wildman–Crippen LogP) is 1.29. The van der Waals surface area contributed by atoms with Crippen LogP contribution in [0.1, 0.15) is 0 Å². The summed E-state index contributed by atoms with van der Waals surface area (Å²) in [5.41, 5.74) is 6.19. The van der Waals surface area contributed by atoms with E-state index < -0.39 is 0 Å². The molecule has 0 heterocycles. The molecule has 0 saturated carbocycles. The number of methoxy groups -OCH3 is 1. The molecule has 0 spiro atoms. The fourth-order valence-electron chi connectivity index (χ4n) is 0.926. The van der Waals surface area contributed by atoms with Crippen molar-refractivity contribution in [3.63, 3.8) is 0 Å². The highest BCUT2D eigenvalue weighted by molar-refractivity contribution is 5.51. The molecule has 1 rings (SSSR count). The molecule has 0 aliphatic heterocycles. The number of nitrogen functional groups attached to an aromatic ring is 1. The Balaban J connectivity index is 2.89. The van der Waals surface area contributed by atoms with E-state index >= 15 is 0 Å². The SMILES string of the molecule is C#CCOc1cc(N)ccc1OC. The molecule has 0 radical (unpaired) electrons. The highest BCUT2D eigenvalue weighted by atomic mass is 16.5. The van der Waals surface area contributed by atoms with E-state index in [4.69, 9.17) is 21.6 Å². The number of nitrogens with two attached hydrogens (primary N) is 1. The second-order valence-corrected chi connectivity index (χ2v) is 2.40. The monoisotopic (exact) mass is 177 g/mol. The lowest BCUT2D eigenvalue weighted by Gasteiger charge is -2.08. The molecule has 13 heavy (non-hydrogen) atoms. The van der Waals surface area contributed by atoms with Crippen molar-refractivity contribution in [3.05, 3.63) is 18.2 Å². The summed E-state index contributed by atoms with van der Waals surface area (Å²) < 4.78 is 10.3. The maximum Gasteiger partial charge on any atom is 0.164 e. The van der Waals surface area contributed by atoms with Crippen LogP contribution in [0.2, 0.25) is 0 Å². The van der Waals surface area contributed by atoms with Gasteiger partial charge in [0.25, 0.3) is 0 Å². The Kier molecular flexibility index (Phi) is 3.04. The van der Waals surface area contributed by atoms with Crippen LogP contribution in [0.5, 0.6) is 11.5 Å². The van der Waals surface area contributed by atoms with Gasteiger partial charge in [-0.2, -0.15) is 0 Å². The summed E-state index contributed by atoms with van der Waals surface area (Å²) in [5.74, 6) is 3.57. The largest absolute Gasteiger partial charge is 0.493 e. The standard InChI is InChI=1S/C10H11NO2/c1-3-6-13-10-7-8(11)4-5-9(10)12-2/h1,4-5,7H,6,11H2,2H3. The van der Waals surface area contributed by atoms with Crippen molar-refractivity contribution in [1.29, 1.82) is 0 Å². The first-order valence-corrected chi connectivity index (χ1v) is 3.77. The minimum atomic E-state index is 0.208. The Bertz CT molecular complexity index is 328. The van der Waals surface area contributed by atoms with E-state index in [0.717, 1.165) is 0 Å². The smallest absolute Gasteiger partial charge is 0.164 e. The third-order valence-electron chi connectivity index (χ3n) is 1.50. The van der Waals surface area contributed by atoms with Crippen molar-refractivity contribution in [2.75, 3.05) is 19.5 Å². The summed E-state index contributed by atoms with van der Waals surface area (Å²) >= 11 is 0. The average Bonchev–Trinajstić information content (AvgIpc) is 2.15. The Morgan fingerprint density at radius 3 is 2.85 bits per heavy atom. The molecule has 1 aromatic carbocycles. The Morgan fingerprint density at radius 1 is 1.46 bits per heavy atom. The van der Waals surface area contributed by atoms with Gasteiger partial charge in [-0.25, -0.2) is 0 Å². The highest BCUT2D eigenvalue weighted by Crippen LogP contribution is 2.28. The van der Waals surface area contributed by atoms with Gasteiger partial charge >= 0.3 is 0 Å². The number of rotatable bonds is 3. The lowest BCUT2D eigenvalue weighted by molar-refractivity contribution is 0.331. The Labute approximate surface area is 77.5 Å². The molecule has 0 aliphatic carbocycles. The van der Waals surface area contributed by atoms with Gasteiger partial charge in [0.1, 0.15) is 6.61 Å². The first kappa shape index (κ1) is 9.27. The third kappa shape index (κ3) is 2.31. The van der Waals surface area contributed by atoms with Crippen molar-refractivity contribution >= 4 is 5.69 Å². The average molecular weight is 177 g/mol. The second-order valence-electron chi connectivity index (χ2n) is 2.40. The number of ether oxygens (including phenoxy) is 2. The zero-order valence-corrected chi connectivity index (χ0v) is 7.41. The molecule has 0 aromatic heterocycles. The molecule has 3 heteroatoms. The number of hydrogen-bond donors (Lipinski definition) is 1. The molecule has 0 aliphatic rings. The van der Waals surface area contributed by atoms with E-state index in [1.54, 1.807) is 25.3 Å². The fourth-order valence-corrected chi connectivity index (χ4v) is 0.926. The van der Waals surface area contributed by atoms with Crippen LogP contribution in [0, 0.1) is 12.3 Å². The summed E-state index contributed by atoms with van der Waals surface area (Å²) in [6.45, 7) is 0.208. The van der Waals surface area contributed by atoms with Crippen molar-refractivity contribution < 1.29 is 9.47 Å². The summed E-state index contributed by atoms with van der Waals surface area (Å²) in [4.78, 5) is 0. The zero-order valence-electron chi connectivity index (χ0n) is 7.41. The van der Waals surface area contributed by atoms with Crippen molar-refractivity contribution in [2.45, 2.75) is 0 Å². The van der Waals surface area contributed by atoms with Crippen molar-refractivity contribution in [3.8, 4) is 23.8 Å². The zero-order chi connectivity index (χ0) is 9.68. The number of anilines is 1. The molecule has 0 fully saturated rings. The predicted molar refractivity (Wildman–Crippen MR) is 51.7 cm³/mol. The summed E-state index contributed by atoms with van der Waals surface area (Å²) in [7, 11) is 1.56. The summed E-state index contributed by atoms with van der Waals surface area (Å²) in [5, 5.41) is 0. The number of terminal acetylenes is 1. The molecule has 68 valence electrons. The first-order chi connectivity index (χ1) is 6.27. The van der Waals surface area contributed by atoms with E-state index in [9.17, 15) is 0 Å². The van der Waals surface area contributed by atoms with Crippen LogP contribution in [0.15, 0.2) is 18.2 Å². The quantitative estimate of drug-likeness (QED) is 0.559. The van der Waals surface area contributed by atoms with Crippen LogP contribution in [-0.4, -0.2) is 13.7 Å². The molecule has 0 amide bonds. The lowest BCUT2D eigenvalue weighted by atomic mass is 10.3. The van der Waals surface area contributed by atoms with Gasteiger partial charge in [-0.1, -0.05) is 5.92 Å². The first-order valence-electron chi connectivity index (χ1n) is 3.77. The van der Waals surface area contributed by atoms with Gasteiger partial charge in [-0.05, 0) is 12.1 Å². The molecule has 0 bridgehead atoms. The second kappa shape index (κ2) is 4.27. The molecule has 0 atom stereocenters. The van der Waals surface area contributed by atoms with Gasteiger partial charge in [0.2, 0.25) is 0 Å². The maximum absolute atomic E-state index is 5.57. The molecule has 1 aromatic rings. The molecule has 3 nitrogen and oxygen atoms in total. The van der Waals surface area contributed by atoms with Crippen LogP contribution in [0.25, 0.3) is 0 Å². The molecular weight excluding hydrogens is 166 g/mol.